The largest absolute Gasteiger partial charge is 0.452 e. The van der Waals surface area contributed by atoms with Crippen LogP contribution in [-0.4, -0.2) is 36.2 Å². The number of thioether (sulfide) groups is 1. The van der Waals surface area contributed by atoms with Crippen LogP contribution >= 0.6 is 11.8 Å². The minimum Gasteiger partial charge on any atom is -0.452 e. The van der Waals surface area contributed by atoms with Crippen molar-refractivity contribution in [3.63, 3.8) is 0 Å². The maximum absolute atomic E-state index is 12.5. The lowest BCUT2D eigenvalue weighted by Gasteiger charge is -2.24. The zero-order chi connectivity index (χ0) is 19.4. The van der Waals surface area contributed by atoms with E-state index in [2.05, 4.69) is 5.32 Å². The van der Waals surface area contributed by atoms with E-state index in [9.17, 15) is 14.4 Å². The lowest BCUT2D eigenvalue weighted by atomic mass is 10.2. The minimum atomic E-state index is -0.938. The summed E-state index contributed by atoms with van der Waals surface area (Å²) >= 11 is 1.32. The maximum atomic E-state index is 12.5. The van der Waals surface area contributed by atoms with Crippen LogP contribution in [-0.2, 0) is 19.1 Å². The van der Waals surface area contributed by atoms with Crippen molar-refractivity contribution >= 4 is 40.9 Å². The molecule has 0 aromatic heterocycles. The molecular weight excluding hydrogens is 364 g/mol. The molecule has 1 aliphatic heterocycles. The van der Waals surface area contributed by atoms with E-state index in [-0.39, 0.29) is 18.2 Å². The van der Waals surface area contributed by atoms with E-state index >= 15 is 0 Å². The van der Waals surface area contributed by atoms with E-state index in [1.54, 1.807) is 19.2 Å². The number of nitrogens with zero attached hydrogens (tertiary/aromatic N) is 1. The van der Waals surface area contributed by atoms with Crippen LogP contribution in [0.2, 0.25) is 0 Å². The van der Waals surface area contributed by atoms with Crippen LogP contribution in [0.3, 0.4) is 0 Å². The molecule has 3 rings (SSSR count). The molecular formula is C20H20N2O4S. The number of fused-ring (bicyclic) bond motifs is 1. The molecule has 0 radical (unpaired) electrons. The number of para-hydroxylation sites is 2. The molecule has 2 atom stereocenters. The highest BCUT2D eigenvalue weighted by molar-refractivity contribution is 8.01. The third-order valence-electron chi connectivity index (χ3n) is 4.19. The fraction of sp³-hybridized carbons (Fsp3) is 0.250. The number of carbonyl (C=O) groups excluding carboxylic acids is 3. The van der Waals surface area contributed by atoms with Crippen molar-refractivity contribution in [2.75, 3.05) is 17.3 Å². The van der Waals surface area contributed by atoms with Crippen LogP contribution in [0.4, 0.5) is 11.4 Å². The maximum Gasteiger partial charge on any atom is 0.308 e. The van der Waals surface area contributed by atoms with Gasteiger partial charge >= 0.3 is 5.97 Å². The number of benzene rings is 2. The van der Waals surface area contributed by atoms with Crippen LogP contribution in [0.1, 0.15) is 13.3 Å². The summed E-state index contributed by atoms with van der Waals surface area (Å²) in [6, 6.07) is 16.5. The van der Waals surface area contributed by atoms with Gasteiger partial charge in [0.15, 0.2) is 6.10 Å². The van der Waals surface area contributed by atoms with Gasteiger partial charge in [0.25, 0.3) is 5.91 Å². The number of rotatable bonds is 5. The number of nitrogens with one attached hydrogen (secondary N) is 1. The molecule has 7 heteroatoms. The van der Waals surface area contributed by atoms with E-state index in [1.165, 1.54) is 23.6 Å². The smallest absolute Gasteiger partial charge is 0.308 e. The molecule has 0 bridgehead atoms. The molecule has 2 aromatic carbocycles. The third-order valence-corrected chi connectivity index (χ3v) is 5.46. The van der Waals surface area contributed by atoms with E-state index in [0.717, 1.165) is 10.6 Å². The van der Waals surface area contributed by atoms with Gasteiger partial charge in [0, 0.05) is 17.6 Å². The van der Waals surface area contributed by atoms with Gasteiger partial charge in [-0.25, -0.2) is 0 Å². The van der Waals surface area contributed by atoms with Gasteiger partial charge in [-0.2, -0.15) is 0 Å². The van der Waals surface area contributed by atoms with E-state index < -0.39 is 17.3 Å². The molecule has 1 N–H and O–H groups in total. The van der Waals surface area contributed by atoms with Gasteiger partial charge in [-0.05, 0) is 31.2 Å². The van der Waals surface area contributed by atoms with Crippen molar-refractivity contribution in [1.29, 1.82) is 0 Å². The molecule has 0 saturated carbocycles. The average Bonchev–Trinajstić information content (AvgIpc) is 2.68. The standard InChI is InChI=1S/C20H20N2O4S/c1-13(20(25)22(2)14-8-4-3-5-9-14)26-18(23)12-17-19(24)21-15-10-6-7-11-16(15)27-17/h3-11,13,17H,12H2,1-2H3,(H,21,24)/t13-,17+/m0/s1. The fourth-order valence-corrected chi connectivity index (χ4v) is 3.82. The highest BCUT2D eigenvalue weighted by atomic mass is 32.2. The quantitative estimate of drug-likeness (QED) is 0.802. The van der Waals surface area contributed by atoms with Gasteiger partial charge in [-0.3, -0.25) is 14.4 Å². The Morgan fingerprint density at radius 2 is 1.81 bits per heavy atom. The Morgan fingerprint density at radius 3 is 2.56 bits per heavy atom. The monoisotopic (exact) mass is 384 g/mol. The number of amides is 2. The number of ether oxygens (including phenoxy) is 1. The molecule has 0 saturated heterocycles. The molecule has 1 aliphatic rings. The normalized spacial score (nSPS) is 16.7. The van der Waals surface area contributed by atoms with Crippen molar-refractivity contribution in [2.45, 2.75) is 29.6 Å². The Morgan fingerprint density at radius 1 is 1.15 bits per heavy atom. The van der Waals surface area contributed by atoms with E-state index in [0.29, 0.717) is 5.69 Å². The number of hydrogen-bond acceptors (Lipinski definition) is 5. The second-order valence-corrected chi connectivity index (χ2v) is 7.41. The molecule has 0 spiro atoms. The predicted octanol–water partition coefficient (Wildman–Crippen LogP) is 3.08. The van der Waals surface area contributed by atoms with E-state index in [4.69, 9.17) is 4.74 Å². The first-order chi connectivity index (χ1) is 13.0. The number of likely N-dealkylation sites (N-methyl/N-ethyl adjacent to an activating group) is 1. The molecule has 27 heavy (non-hydrogen) atoms. The van der Waals surface area contributed by atoms with Crippen LogP contribution < -0.4 is 10.2 Å². The van der Waals surface area contributed by atoms with Gasteiger partial charge in [0.1, 0.15) is 0 Å². The Kier molecular flexibility index (Phi) is 5.81. The highest BCUT2D eigenvalue weighted by Crippen LogP contribution is 2.36. The van der Waals surface area contributed by atoms with Crippen LogP contribution in [0.15, 0.2) is 59.5 Å². The van der Waals surface area contributed by atoms with Gasteiger partial charge in [0.2, 0.25) is 5.91 Å². The first-order valence-electron chi connectivity index (χ1n) is 8.54. The summed E-state index contributed by atoms with van der Waals surface area (Å²) < 4.78 is 5.27. The number of anilines is 2. The highest BCUT2D eigenvalue weighted by Gasteiger charge is 2.31. The zero-order valence-corrected chi connectivity index (χ0v) is 15.9. The molecule has 0 fully saturated rings. The van der Waals surface area contributed by atoms with Crippen molar-refractivity contribution in [1.82, 2.24) is 0 Å². The summed E-state index contributed by atoms with van der Waals surface area (Å²) in [7, 11) is 1.63. The van der Waals surface area contributed by atoms with Gasteiger partial charge in [-0.15, -0.1) is 11.8 Å². The first kappa shape index (κ1) is 19.0. The average molecular weight is 384 g/mol. The van der Waals surface area contributed by atoms with Crippen molar-refractivity contribution < 1.29 is 19.1 Å². The predicted molar refractivity (Wildman–Crippen MR) is 105 cm³/mol. The lowest BCUT2D eigenvalue weighted by molar-refractivity contribution is -0.154. The Hall–Kier alpha value is -2.80. The molecule has 2 amide bonds. The molecule has 2 aromatic rings. The summed E-state index contributed by atoms with van der Waals surface area (Å²) in [5.41, 5.74) is 1.45. The molecule has 0 unspecified atom stereocenters. The summed E-state index contributed by atoms with van der Waals surface area (Å²) in [6.45, 7) is 1.53. The van der Waals surface area contributed by atoms with E-state index in [1.807, 2.05) is 42.5 Å². The molecule has 1 heterocycles. The third kappa shape index (κ3) is 4.49. The lowest BCUT2D eigenvalue weighted by Crippen LogP contribution is -2.38. The molecule has 140 valence electrons. The van der Waals surface area contributed by atoms with Crippen LogP contribution in [0.5, 0.6) is 0 Å². The SMILES string of the molecule is C[C@H](OC(=O)C[C@H]1Sc2ccccc2NC1=O)C(=O)N(C)c1ccccc1. The topological polar surface area (TPSA) is 75.7 Å². The minimum absolute atomic E-state index is 0.0997. The van der Waals surface area contributed by atoms with Crippen LogP contribution in [0.25, 0.3) is 0 Å². The van der Waals surface area contributed by atoms with Gasteiger partial charge in [0.05, 0.1) is 17.4 Å². The van der Waals surface area contributed by atoms with Crippen LogP contribution in [0, 0.1) is 0 Å². The Labute approximate surface area is 161 Å². The second kappa shape index (κ2) is 8.26. The summed E-state index contributed by atoms with van der Waals surface area (Å²) in [4.78, 5) is 39.3. The number of esters is 1. The van der Waals surface area contributed by atoms with Gasteiger partial charge < -0.3 is 15.0 Å². The van der Waals surface area contributed by atoms with Gasteiger partial charge in [-0.1, -0.05) is 30.3 Å². The van der Waals surface area contributed by atoms with Crippen molar-refractivity contribution in [3.8, 4) is 0 Å². The molecule has 6 nitrogen and oxygen atoms in total. The second-order valence-electron chi connectivity index (χ2n) is 6.16. The molecule has 0 aliphatic carbocycles. The number of hydrogen-bond donors (Lipinski definition) is 1. The Bertz CT molecular complexity index is 856. The van der Waals surface area contributed by atoms with Crippen molar-refractivity contribution in [3.05, 3.63) is 54.6 Å². The Balaban J connectivity index is 1.57. The summed E-state index contributed by atoms with van der Waals surface area (Å²) in [5, 5.41) is 2.21. The first-order valence-corrected chi connectivity index (χ1v) is 9.42. The fourth-order valence-electron chi connectivity index (χ4n) is 2.73. The van der Waals surface area contributed by atoms with Crippen molar-refractivity contribution in [2.24, 2.45) is 0 Å². The summed E-state index contributed by atoms with van der Waals surface area (Å²) in [5.74, 6) is -1.15. The summed E-state index contributed by atoms with van der Waals surface area (Å²) in [6.07, 6.45) is -1.04. The number of carbonyl (C=O) groups is 3. The zero-order valence-electron chi connectivity index (χ0n) is 15.0.